The van der Waals surface area contributed by atoms with Gasteiger partial charge in [-0.05, 0) is 122 Å². The number of aromatic nitrogens is 2. The molecule has 0 aliphatic heterocycles. The van der Waals surface area contributed by atoms with Gasteiger partial charge < -0.3 is 9.13 Å². The maximum atomic E-state index is 2.59. The molecular formula is C51H44N2. The maximum absolute atomic E-state index is 2.59. The van der Waals surface area contributed by atoms with E-state index in [-0.39, 0.29) is 16.2 Å². The van der Waals surface area contributed by atoms with Crippen molar-refractivity contribution in [1.29, 1.82) is 0 Å². The zero-order valence-corrected chi connectivity index (χ0v) is 31.5. The molecule has 0 unspecified atom stereocenters. The van der Waals surface area contributed by atoms with Crippen molar-refractivity contribution in [2.75, 3.05) is 0 Å². The van der Waals surface area contributed by atoms with Gasteiger partial charge in [0, 0.05) is 38.3 Å². The SMILES string of the molecule is CC1(C)CCC(C)(C)c2cc3c(cc21)c1cc2c(cc1n3-c1ccc3c(c1)-c1ccccc1C3(C)C)c1c3ccccc3ccc1n2-c1ccccc1. The zero-order chi connectivity index (χ0) is 36.0. The lowest BCUT2D eigenvalue weighted by molar-refractivity contribution is 0.332. The molecule has 258 valence electrons. The maximum Gasteiger partial charge on any atom is 0.0549 e. The van der Waals surface area contributed by atoms with Crippen LogP contribution in [0.3, 0.4) is 0 Å². The van der Waals surface area contributed by atoms with Crippen LogP contribution < -0.4 is 0 Å². The van der Waals surface area contributed by atoms with Crippen molar-refractivity contribution in [3.63, 3.8) is 0 Å². The summed E-state index contributed by atoms with van der Waals surface area (Å²) in [7, 11) is 0. The van der Waals surface area contributed by atoms with E-state index in [0.717, 1.165) is 0 Å². The van der Waals surface area contributed by atoms with Crippen molar-refractivity contribution in [3.8, 4) is 22.5 Å². The predicted molar refractivity (Wildman–Crippen MR) is 225 cm³/mol. The highest BCUT2D eigenvalue weighted by Crippen LogP contribution is 2.52. The fraction of sp³-hybridized carbons (Fsp3) is 0.216. The lowest BCUT2D eigenvalue weighted by atomic mass is 9.63. The Morgan fingerprint density at radius 2 is 1.00 bits per heavy atom. The molecule has 7 aromatic carbocycles. The van der Waals surface area contributed by atoms with E-state index < -0.39 is 0 Å². The first-order chi connectivity index (χ1) is 25.5. The van der Waals surface area contributed by atoms with Crippen LogP contribution >= 0.6 is 0 Å². The molecule has 53 heavy (non-hydrogen) atoms. The van der Waals surface area contributed by atoms with Crippen molar-refractivity contribution < 1.29 is 0 Å². The molecule has 0 radical (unpaired) electrons. The highest BCUT2D eigenvalue weighted by atomic mass is 15.0. The van der Waals surface area contributed by atoms with E-state index in [1.807, 2.05) is 0 Å². The lowest BCUT2D eigenvalue weighted by Crippen LogP contribution is -2.33. The summed E-state index contributed by atoms with van der Waals surface area (Å²) in [6.45, 7) is 14.5. The molecule has 2 nitrogen and oxygen atoms in total. The third kappa shape index (κ3) is 4.10. The molecule has 0 N–H and O–H groups in total. The second-order valence-electron chi connectivity index (χ2n) is 17.7. The molecule has 0 spiro atoms. The summed E-state index contributed by atoms with van der Waals surface area (Å²) in [6.07, 6.45) is 2.38. The minimum Gasteiger partial charge on any atom is -0.309 e. The van der Waals surface area contributed by atoms with Crippen molar-refractivity contribution in [3.05, 3.63) is 156 Å². The van der Waals surface area contributed by atoms with Crippen LogP contribution in [-0.4, -0.2) is 9.13 Å². The normalized spacial score (nSPS) is 16.8. The minimum absolute atomic E-state index is 0.0353. The highest BCUT2D eigenvalue weighted by molar-refractivity contribution is 6.25. The van der Waals surface area contributed by atoms with E-state index in [2.05, 4.69) is 184 Å². The molecule has 2 heterocycles. The third-order valence-corrected chi connectivity index (χ3v) is 13.4. The number of nitrogens with zero attached hydrogens (tertiary/aromatic N) is 2. The molecule has 2 heteroatoms. The summed E-state index contributed by atoms with van der Waals surface area (Å²) in [6, 6.07) is 50.8. The fourth-order valence-electron chi connectivity index (χ4n) is 10.3. The van der Waals surface area contributed by atoms with E-state index in [1.165, 1.54) is 112 Å². The quantitative estimate of drug-likeness (QED) is 0.172. The van der Waals surface area contributed by atoms with Crippen LogP contribution in [0.1, 0.15) is 76.6 Å². The first-order valence-electron chi connectivity index (χ1n) is 19.3. The Labute approximate surface area is 311 Å². The molecule has 0 fully saturated rings. The number of rotatable bonds is 2. The summed E-state index contributed by atoms with van der Waals surface area (Å²) in [5.41, 5.74) is 16.1. The van der Waals surface area contributed by atoms with Gasteiger partial charge in [-0.25, -0.2) is 0 Å². The summed E-state index contributed by atoms with van der Waals surface area (Å²) in [5, 5.41) is 7.80. The van der Waals surface area contributed by atoms with Crippen LogP contribution in [-0.2, 0) is 16.2 Å². The molecule has 2 aromatic heterocycles. The van der Waals surface area contributed by atoms with Crippen molar-refractivity contribution in [2.24, 2.45) is 0 Å². The second-order valence-corrected chi connectivity index (χ2v) is 17.7. The largest absolute Gasteiger partial charge is 0.309 e. The van der Waals surface area contributed by atoms with Gasteiger partial charge in [-0.3, -0.25) is 0 Å². The highest BCUT2D eigenvalue weighted by Gasteiger charge is 2.39. The van der Waals surface area contributed by atoms with Gasteiger partial charge in [0.2, 0.25) is 0 Å². The Morgan fingerprint density at radius 3 is 1.81 bits per heavy atom. The third-order valence-electron chi connectivity index (χ3n) is 13.4. The average molecular weight is 685 g/mol. The zero-order valence-electron chi connectivity index (χ0n) is 31.5. The van der Waals surface area contributed by atoms with Crippen LogP contribution in [0.25, 0.3) is 76.9 Å². The number of hydrogen-bond donors (Lipinski definition) is 0. The Morgan fingerprint density at radius 1 is 0.396 bits per heavy atom. The van der Waals surface area contributed by atoms with Crippen LogP contribution in [0.15, 0.2) is 133 Å². The number of fused-ring (bicyclic) bond motifs is 12. The molecule has 0 saturated carbocycles. The smallest absolute Gasteiger partial charge is 0.0549 e. The number of hydrogen-bond acceptors (Lipinski definition) is 0. The van der Waals surface area contributed by atoms with Gasteiger partial charge in [-0.15, -0.1) is 0 Å². The summed E-state index contributed by atoms with van der Waals surface area (Å²) in [4.78, 5) is 0. The van der Waals surface area contributed by atoms with Crippen LogP contribution in [0.4, 0.5) is 0 Å². The lowest BCUT2D eigenvalue weighted by Gasteiger charge is -2.42. The summed E-state index contributed by atoms with van der Waals surface area (Å²) < 4.78 is 5.08. The monoisotopic (exact) mass is 684 g/mol. The van der Waals surface area contributed by atoms with Gasteiger partial charge in [0.1, 0.15) is 0 Å². The van der Waals surface area contributed by atoms with Gasteiger partial charge in [-0.1, -0.05) is 120 Å². The molecule has 0 bridgehead atoms. The summed E-state index contributed by atoms with van der Waals surface area (Å²) >= 11 is 0. The Bertz CT molecular complexity index is 3020. The first kappa shape index (κ1) is 31.0. The fourth-order valence-corrected chi connectivity index (χ4v) is 10.3. The van der Waals surface area contributed by atoms with Crippen LogP contribution in [0, 0.1) is 0 Å². The van der Waals surface area contributed by atoms with Crippen molar-refractivity contribution in [2.45, 2.75) is 70.6 Å². The van der Waals surface area contributed by atoms with Crippen molar-refractivity contribution >= 4 is 54.4 Å². The first-order valence-corrected chi connectivity index (χ1v) is 19.3. The average Bonchev–Trinajstić information content (AvgIpc) is 3.75. The molecule has 11 rings (SSSR count). The molecule has 0 amide bonds. The van der Waals surface area contributed by atoms with Crippen LogP contribution in [0.2, 0.25) is 0 Å². The Balaban J connectivity index is 1.32. The number of para-hydroxylation sites is 1. The second kappa shape index (κ2) is 10.3. The number of benzene rings is 7. The van der Waals surface area contributed by atoms with Crippen molar-refractivity contribution in [1.82, 2.24) is 9.13 Å². The molecular weight excluding hydrogens is 641 g/mol. The van der Waals surface area contributed by atoms with E-state index >= 15 is 0 Å². The van der Waals surface area contributed by atoms with Gasteiger partial charge in [0.05, 0.1) is 22.1 Å². The topological polar surface area (TPSA) is 9.86 Å². The Hall–Kier alpha value is -5.60. The predicted octanol–water partition coefficient (Wildman–Crippen LogP) is 13.7. The minimum atomic E-state index is -0.0353. The van der Waals surface area contributed by atoms with Crippen LogP contribution in [0.5, 0.6) is 0 Å². The van der Waals surface area contributed by atoms with Gasteiger partial charge in [-0.2, -0.15) is 0 Å². The molecule has 9 aromatic rings. The van der Waals surface area contributed by atoms with Gasteiger partial charge >= 0.3 is 0 Å². The molecule has 0 atom stereocenters. The van der Waals surface area contributed by atoms with Gasteiger partial charge in [0.15, 0.2) is 0 Å². The molecule has 2 aliphatic carbocycles. The Kier molecular flexibility index (Phi) is 6.01. The standard InChI is InChI=1S/C51H44N2/c1-49(2)24-25-50(3,4)43-30-47-37(27-42(43)49)38-28-46-39(48-34-17-11-10-14-31(34)20-23-44(48)52(46)32-15-8-7-9-16-32)29-45(38)53(47)33-21-22-41-36(26-33)35-18-12-13-19-40(35)51(41,5)6/h7-23,26-30H,24-25H2,1-6H3. The van der Waals surface area contributed by atoms with E-state index in [9.17, 15) is 0 Å². The molecule has 2 aliphatic rings. The molecule has 0 saturated heterocycles. The van der Waals surface area contributed by atoms with E-state index in [0.29, 0.717) is 0 Å². The van der Waals surface area contributed by atoms with E-state index in [1.54, 1.807) is 0 Å². The van der Waals surface area contributed by atoms with Gasteiger partial charge in [0.25, 0.3) is 0 Å². The van der Waals surface area contributed by atoms with E-state index in [4.69, 9.17) is 0 Å². The summed E-state index contributed by atoms with van der Waals surface area (Å²) in [5.74, 6) is 0.